The minimum atomic E-state index is -2.07. The van der Waals surface area contributed by atoms with Crippen LogP contribution in [0.25, 0.3) is 0 Å². The topological polar surface area (TPSA) is 393 Å². The van der Waals surface area contributed by atoms with Crippen LogP contribution >= 0.6 is 0 Å². The summed E-state index contributed by atoms with van der Waals surface area (Å²) in [6, 6.07) is 0. The van der Waals surface area contributed by atoms with E-state index >= 15 is 0 Å². The van der Waals surface area contributed by atoms with Gasteiger partial charge >= 0.3 is 5.97 Å². The van der Waals surface area contributed by atoms with E-state index in [-0.39, 0.29) is 40.1 Å². The molecule has 5 saturated heterocycles. The van der Waals surface area contributed by atoms with Crippen molar-refractivity contribution in [2.24, 2.45) is 50.2 Å². The Hall–Kier alpha value is -1.71. The summed E-state index contributed by atoms with van der Waals surface area (Å²) >= 11 is 0. The van der Waals surface area contributed by atoms with Gasteiger partial charge in [0.15, 0.2) is 31.5 Å². The highest BCUT2D eigenvalue weighted by Crippen LogP contribution is 2.76. The number of carbonyl (C=O) groups is 1. The summed E-state index contributed by atoms with van der Waals surface area (Å²) in [5.41, 5.74) is -0.144. The fraction of sp³-hybridized carbons (Fsp3) is 0.949. The maximum atomic E-state index is 13.2. The number of fused-ring (bicyclic) bond motifs is 7. The van der Waals surface area contributed by atoms with Crippen LogP contribution in [-0.4, -0.2) is 251 Å². The van der Waals surface area contributed by atoms with Crippen LogP contribution in [0.2, 0.25) is 0 Å². The summed E-state index contributed by atoms with van der Waals surface area (Å²) in [6.45, 7) is 17.3. The van der Waals surface area contributed by atoms with Gasteiger partial charge in [0.2, 0.25) is 0 Å². The Bertz CT molecular complexity index is 2340. The summed E-state index contributed by atoms with van der Waals surface area (Å²) in [5, 5.41) is 153. The molecule has 84 heavy (non-hydrogen) atoms. The third kappa shape index (κ3) is 10.9. The summed E-state index contributed by atoms with van der Waals surface area (Å²) in [7, 11) is 0. The molecule has 0 aromatic heterocycles. The molecular weight excluding hydrogens is 1110 g/mol. The van der Waals surface area contributed by atoms with Gasteiger partial charge in [0.05, 0.1) is 43.5 Å². The predicted octanol–water partition coefficient (Wildman–Crippen LogP) is -0.951. The van der Waals surface area contributed by atoms with Crippen molar-refractivity contribution in [2.75, 3.05) is 19.8 Å². The Morgan fingerprint density at radius 1 is 0.560 bits per heavy atom. The summed E-state index contributed by atoms with van der Waals surface area (Å²) in [6.07, 6.45) is -29.6. The molecule has 0 spiro atoms. The molecule has 9 fully saturated rings. The third-order valence-electron chi connectivity index (χ3n) is 23.1. The molecule has 25 heteroatoms. The van der Waals surface area contributed by atoms with E-state index in [0.29, 0.717) is 25.2 Å². The summed E-state index contributed by atoms with van der Waals surface area (Å²) < 4.78 is 59.6. The van der Waals surface area contributed by atoms with Crippen LogP contribution < -0.4 is 0 Å². The lowest BCUT2D eigenvalue weighted by molar-refractivity contribution is -0.391. The molecule has 0 bridgehead atoms. The summed E-state index contributed by atoms with van der Waals surface area (Å²) in [4.78, 5) is 13.2. The normalized spacial score (nSPS) is 54.7. The zero-order valence-electron chi connectivity index (χ0n) is 49.7. The van der Waals surface area contributed by atoms with Crippen LogP contribution in [0.15, 0.2) is 11.6 Å². The first-order valence-electron chi connectivity index (χ1n) is 30.5. The molecule has 10 aliphatic rings. The van der Waals surface area contributed by atoms with Gasteiger partial charge in [0.25, 0.3) is 0 Å². The second-order valence-corrected chi connectivity index (χ2v) is 28.7. The number of hydrogen-bond donors (Lipinski definition) is 14. The predicted molar refractivity (Wildman–Crippen MR) is 287 cm³/mol. The number of allylic oxidation sites excluding steroid dienone is 2. The fourth-order valence-electron chi connectivity index (χ4n) is 17.6. The van der Waals surface area contributed by atoms with Crippen LogP contribution in [0.1, 0.15) is 127 Å². The first-order chi connectivity index (χ1) is 39.3. The molecule has 0 radical (unpaired) electrons. The minimum Gasteiger partial charge on any atom is -0.481 e. The van der Waals surface area contributed by atoms with E-state index in [1.54, 1.807) is 0 Å². The highest BCUT2D eigenvalue weighted by molar-refractivity contribution is 5.76. The average Bonchev–Trinajstić information content (AvgIpc) is 0.822. The molecule has 32 atom stereocenters. The fourth-order valence-corrected chi connectivity index (χ4v) is 17.6. The molecule has 21 unspecified atom stereocenters. The smallest absolute Gasteiger partial charge is 0.310 e. The van der Waals surface area contributed by atoms with Gasteiger partial charge in [-0.15, -0.1) is 0 Å². The number of rotatable bonds is 13. The van der Waals surface area contributed by atoms with Gasteiger partial charge < -0.3 is 119 Å². The molecule has 10 rings (SSSR count). The number of aliphatic carboxylic acids is 1. The number of hydrogen-bond acceptors (Lipinski definition) is 24. The van der Waals surface area contributed by atoms with Gasteiger partial charge in [-0.2, -0.15) is 0 Å². The third-order valence-corrected chi connectivity index (χ3v) is 23.1. The van der Waals surface area contributed by atoms with E-state index in [2.05, 4.69) is 54.5 Å². The molecule has 14 N–H and O–H groups in total. The largest absolute Gasteiger partial charge is 0.481 e. The molecule has 482 valence electrons. The highest BCUT2D eigenvalue weighted by atomic mass is 16.8. The van der Waals surface area contributed by atoms with Crippen molar-refractivity contribution >= 4 is 5.97 Å². The van der Waals surface area contributed by atoms with E-state index < -0.39 is 184 Å². The van der Waals surface area contributed by atoms with Gasteiger partial charge in [-0.25, -0.2) is 0 Å². The van der Waals surface area contributed by atoms with E-state index in [4.69, 9.17) is 47.4 Å². The van der Waals surface area contributed by atoms with E-state index in [1.165, 1.54) is 19.4 Å². The van der Waals surface area contributed by atoms with Crippen molar-refractivity contribution in [3.8, 4) is 0 Å². The first-order valence-corrected chi connectivity index (χ1v) is 30.5. The number of carboxylic acids is 1. The molecule has 4 saturated carbocycles. The van der Waals surface area contributed by atoms with Crippen molar-refractivity contribution in [3.63, 3.8) is 0 Å². The highest BCUT2D eigenvalue weighted by Gasteiger charge is 2.70. The van der Waals surface area contributed by atoms with Gasteiger partial charge in [-0.3, -0.25) is 4.79 Å². The first kappa shape index (κ1) is 65.2. The van der Waals surface area contributed by atoms with E-state index in [0.717, 1.165) is 44.9 Å². The van der Waals surface area contributed by atoms with Gasteiger partial charge in [0, 0.05) is 0 Å². The standard InChI is InChI=1S/C59H96O25/c1-24-34(62)38(66)41(69)48(77-24)76-23-30-37(65)39(67)42(70)49(80-30)82-45-29(21-60)79-50(43(71)40(45)68)83-46-35(63)25(2)78-51(44(46)72)84-47-36(64)28(61)22-75-52(47)81-33-13-14-56(7)31(55(33,5)6)12-15-58(9)32(56)11-10-26-27-20-54(3,4)16-18-59(27,53(73)74)19-17-57(26,58)8/h10,24-25,27-52,60-72H,11-23H2,1-9H3,(H,73,74)/t24?,25?,27?,28?,29?,30?,31?,32?,33-,34?,35?,36?,37?,38?,39-,40+,41-,42-,43-,44-,45?,46?,47?,48?,49?,50?,51?,52?,56-,57+,58+,59-/m0/s1. The Balaban J connectivity index is 0.796. The lowest BCUT2D eigenvalue weighted by Gasteiger charge is -2.71. The monoisotopic (exact) mass is 1200 g/mol. The Morgan fingerprint density at radius 2 is 1.14 bits per heavy atom. The van der Waals surface area contributed by atoms with Crippen LogP contribution in [0, 0.1) is 50.2 Å². The second-order valence-electron chi connectivity index (χ2n) is 28.7. The maximum absolute atomic E-state index is 13.2. The molecular formula is C59H96O25. The Kier molecular flexibility index (Phi) is 18.5. The Labute approximate surface area is 490 Å². The molecule has 25 nitrogen and oxygen atoms in total. The molecule has 5 heterocycles. The van der Waals surface area contributed by atoms with Crippen molar-refractivity contribution in [1.82, 2.24) is 0 Å². The van der Waals surface area contributed by atoms with Crippen LogP contribution in [-0.2, 0) is 52.2 Å². The van der Waals surface area contributed by atoms with Gasteiger partial charge in [-0.1, -0.05) is 60.1 Å². The molecule has 0 aromatic rings. The number of ether oxygens (including phenoxy) is 10. The van der Waals surface area contributed by atoms with Crippen molar-refractivity contribution < 1.29 is 124 Å². The van der Waals surface area contributed by atoms with Crippen molar-refractivity contribution in [2.45, 2.75) is 280 Å². The SMILES string of the molecule is CC1OC(OCC2OC(OC3C(CO)OC(OC4C(O)C(C)OC(OC5C(O[C@H]6CC[C@@]7(C)C(CC[C@]8(C)C7CC=C7C9CC(C)(C)CC[C@]9(C(=O)O)CC[C@]78C)C6(C)C)OCC(O)C5O)[C@H]4O)[C@@H](O)[C@H]3O)[C@@H](O)[C@@H](O)C2O)[C@@H](O)C(O)C1O. The quantitative estimate of drug-likeness (QED) is 0.0781. The number of carboxylic acid groups (broad SMARTS) is 1. The van der Waals surface area contributed by atoms with Crippen LogP contribution in [0.3, 0.4) is 0 Å². The lowest BCUT2D eigenvalue weighted by atomic mass is 9.33. The van der Waals surface area contributed by atoms with E-state index in [9.17, 15) is 76.3 Å². The second kappa shape index (κ2) is 23.8. The zero-order valence-corrected chi connectivity index (χ0v) is 49.7. The minimum absolute atomic E-state index is 0.00326. The molecule has 5 aliphatic heterocycles. The maximum Gasteiger partial charge on any atom is 0.310 e. The van der Waals surface area contributed by atoms with E-state index in [1.807, 2.05) is 0 Å². The van der Waals surface area contributed by atoms with Crippen molar-refractivity contribution in [3.05, 3.63) is 11.6 Å². The Morgan fingerprint density at radius 3 is 1.82 bits per heavy atom. The van der Waals surface area contributed by atoms with Gasteiger partial charge in [0.1, 0.15) is 104 Å². The number of aliphatic hydroxyl groups excluding tert-OH is 13. The number of aliphatic hydroxyl groups is 13. The van der Waals surface area contributed by atoms with Crippen LogP contribution in [0.5, 0.6) is 0 Å². The molecule has 0 aromatic carbocycles. The van der Waals surface area contributed by atoms with Crippen LogP contribution in [0.4, 0.5) is 0 Å². The lowest BCUT2D eigenvalue weighted by Crippen LogP contribution is -2.67. The molecule has 0 amide bonds. The zero-order chi connectivity index (χ0) is 61.3. The van der Waals surface area contributed by atoms with Gasteiger partial charge in [-0.05, 0) is 123 Å². The summed E-state index contributed by atoms with van der Waals surface area (Å²) in [5.74, 6) is -0.166. The van der Waals surface area contributed by atoms with Crippen molar-refractivity contribution in [1.29, 1.82) is 0 Å². The molecule has 5 aliphatic carbocycles. The average molecular weight is 1210 g/mol.